The molecule has 132 valence electrons. The first-order chi connectivity index (χ1) is 11.5. The normalized spacial score (nSPS) is 9.64. The van der Waals surface area contributed by atoms with Crippen molar-refractivity contribution in [1.82, 2.24) is 0 Å². The number of aliphatic hydroxyl groups is 1. The number of benzene rings is 2. The van der Waals surface area contributed by atoms with Crippen molar-refractivity contribution in [1.29, 1.82) is 0 Å². The third kappa shape index (κ3) is 10.3. The molecule has 0 fully saturated rings. The van der Waals surface area contributed by atoms with Gasteiger partial charge in [0.25, 0.3) is 0 Å². The van der Waals surface area contributed by atoms with E-state index in [1.165, 1.54) is 30.8 Å². The van der Waals surface area contributed by atoms with Crippen LogP contribution in [-0.4, -0.2) is 10.9 Å². The van der Waals surface area contributed by atoms with E-state index in [4.69, 9.17) is 5.11 Å². The molecule has 0 radical (unpaired) electrons. The van der Waals surface area contributed by atoms with E-state index in [1.54, 1.807) is 0 Å². The number of hydrogen-bond donors (Lipinski definition) is 1. The topological polar surface area (TPSA) is 41.2 Å². The molecule has 0 bridgehead atoms. The summed E-state index contributed by atoms with van der Waals surface area (Å²) in [4.78, 5) is 10.0. The molecule has 0 aliphatic carbocycles. The number of para-hydroxylation sites is 1. The van der Waals surface area contributed by atoms with E-state index < -0.39 is 0 Å². The van der Waals surface area contributed by atoms with Gasteiger partial charge < -0.3 is 9.67 Å². The van der Waals surface area contributed by atoms with Gasteiger partial charge in [0.15, 0.2) is 5.78 Å². The summed E-state index contributed by atoms with van der Waals surface area (Å²) in [5.41, 5.74) is 1.22. The van der Waals surface area contributed by atoms with Crippen molar-refractivity contribution in [3.05, 3.63) is 90.8 Å². The number of fused-ring (bicyclic) bond motifs is 1. The minimum Gasteiger partial charge on any atom is -0.512 e. The fraction of sp³-hybridized carbons (Fsp3) is 0.143. The number of aromatic nitrogens is 1. The van der Waals surface area contributed by atoms with Crippen molar-refractivity contribution in [2.24, 2.45) is 7.05 Å². The number of carbonyl (C=O) groups is 1. The molecule has 2 aromatic carbocycles. The number of aliphatic hydroxyl groups excluding tert-OH is 1. The van der Waals surface area contributed by atoms with Gasteiger partial charge in [-0.25, -0.2) is 0 Å². The van der Waals surface area contributed by atoms with E-state index in [2.05, 4.69) is 30.5 Å². The predicted octanol–water partition coefficient (Wildman–Crippen LogP) is 3.99. The van der Waals surface area contributed by atoms with Crippen LogP contribution in [0.15, 0.2) is 78.6 Å². The van der Waals surface area contributed by atoms with Gasteiger partial charge in [-0.1, -0.05) is 23.6 Å². The summed E-state index contributed by atoms with van der Waals surface area (Å²) in [6, 6.07) is 24.8. The quantitative estimate of drug-likeness (QED) is 0.231. The number of carbonyl (C=O) groups excluding carboxylic acids is 1. The van der Waals surface area contributed by atoms with Crippen molar-refractivity contribution in [3.63, 3.8) is 0 Å². The molecule has 0 spiro atoms. The molecule has 1 aromatic heterocycles. The van der Waals surface area contributed by atoms with Crippen molar-refractivity contribution in [2.45, 2.75) is 13.8 Å². The van der Waals surface area contributed by atoms with Crippen LogP contribution in [-0.2, 0) is 32.9 Å². The molecule has 1 N–H and O–H groups in total. The Balaban J connectivity index is 0.000000362. The average molecular weight is 515 g/mol. The van der Waals surface area contributed by atoms with Crippen LogP contribution in [0.4, 0.5) is 0 Å². The van der Waals surface area contributed by atoms with Gasteiger partial charge in [0.05, 0.1) is 5.76 Å². The van der Waals surface area contributed by atoms with E-state index in [0.29, 0.717) is 0 Å². The Hall–Kier alpha value is -2.25. The maximum atomic E-state index is 10.0. The van der Waals surface area contributed by atoms with Gasteiger partial charge in [0.1, 0.15) is 18.8 Å². The summed E-state index contributed by atoms with van der Waals surface area (Å²) in [5, 5.41) is 9.62. The number of ketones is 1. The van der Waals surface area contributed by atoms with Crippen molar-refractivity contribution in [3.8, 4) is 0 Å². The molecule has 0 saturated heterocycles. The van der Waals surface area contributed by atoms with Crippen LogP contribution in [0, 0.1) is 12.3 Å². The summed E-state index contributed by atoms with van der Waals surface area (Å²) in [6.07, 6.45) is 4.26. The second-order valence-electron chi connectivity index (χ2n) is 5.05. The van der Waals surface area contributed by atoms with Gasteiger partial charge >= 0.3 is 21.1 Å². The zero-order chi connectivity index (χ0) is 17.8. The third-order valence-electron chi connectivity index (χ3n) is 2.85. The summed E-state index contributed by atoms with van der Waals surface area (Å²) in [6.45, 7) is 2.85. The van der Waals surface area contributed by atoms with Gasteiger partial charge in [-0.05, 0) is 19.9 Å². The summed E-state index contributed by atoms with van der Waals surface area (Å²) < 4.78 is 2.00. The van der Waals surface area contributed by atoms with E-state index in [0.717, 1.165) is 0 Å². The van der Waals surface area contributed by atoms with Crippen LogP contribution in [0.25, 0.3) is 10.9 Å². The zero-order valence-corrected chi connectivity index (χ0v) is 16.8. The van der Waals surface area contributed by atoms with Crippen LogP contribution in [0.2, 0.25) is 0 Å². The fourth-order valence-electron chi connectivity index (χ4n) is 1.88. The van der Waals surface area contributed by atoms with E-state index >= 15 is 0 Å². The number of pyridine rings is 1. The van der Waals surface area contributed by atoms with Crippen LogP contribution in [0.5, 0.6) is 0 Å². The molecule has 25 heavy (non-hydrogen) atoms. The minimum absolute atomic E-state index is 0. The Bertz CT molecular complexity index is 750. The number of hydrogen-bond acceptors (Lipinski definition) is 2. The van der Waals surface area contributed by atoms with E-state index in [-0.39, 0.29) is 32.6 Å². The SMILES string of the molecule is CC(=O)/C=C(/C)O.C[n+]1[c-]ccc2ccccc21.[Pt+2].[c-]1ccccc1. The first-order valence-corrected chi connectivity index (χ1v) is 7.55. The largest absolute Gasteiger partial charge is 2.00 e. The summed E-state index contributed by atoms with van der Waals surface area (Å²) >= 11 is 0. The summed E-state index contributed by atoms with van der Waals surface area (Å²) in [5.74, 6) is -0.0625. The van der Waals surface area contributed by atoms with Crippen LogP contribution >= 0.6 is 0 Å². The standard InChI is InChI=1S/C10H9N.C6H5.C5H8O2.Pt/c1-11-8-4-6-9-5-2-3-7-10(9)11;1-2-4-6-5-3-1;1-4(6)3-5(2)7;/h2-7H,1H3;1-5H;3,6H,1-2H3;/q;-1;;+2/b;;4-3-;. The second-order valence-corrected chi connectivity index (χ2v) is 5.05. The molecule has 0 atom stereocenters. The Labute approximate surface area is 163 Å². The number of allylic oxidation sites excluding steroid dienone is 2. The zero-order valence-electron chi connectivity index (χ0n) is 14.5. The number of aryl methyl sites for hydroxylation is 1. The van der Waals surface area contributed by atoms with E-state index in [1.807, 2.05) is 60.1 Å². The van der Waals surface area contributed by atoms with Crippen LogP contribution in [0.3, 0.4) is 0 Å². The average Bonchev–Trinajstić information content (AvgIpc) is 2.57. The maximum absolute atomic E-state index is 10.0. The van der Waals surface area contributed by atoms with Gasteiger partial charge in [-0.2, -0.15) is 42.5 Å². The fourth-order valence-corrected chi connectivity index (χ4v) is 1.88. The first-order valence-electron chi connectivity index (χ1n) is 7.55. The molecular formula is C21H22NO2Pt+. The monoisotopic (exact) mass is 515 g/mol. The van der Waals surface area contributed by atoms with Gasteiger partial charge in [-0.3, -0.25) is 4.79 Å². The maximum Gasteiger partial charge on any atom is 2.00 e. The number of nitrogens with zero attached hydrogens (tertiary/aromatic N) is 1. The Morgan fingerprint density at radius 3 is 2.04 bits per heavy atom. The Morgan fingerprint density at radius 2 is 1.64 bits per heavy atom. The molecule has 3 aromatic rings. The number of rotatable bonds is 1. The van der Waals surface area contributed by atoms with Crippen molar-refractivity contribution < 1.29 is 35.5 Å². The molecule has 0 aliphatic heterocycles. The minimum atomic E-state index is -0.125. The molecule has 0 amide bonds. The third-order valence-corrected chi connectivity index (χ3v) is 2.85. The molecule has 3 rings (SSSR count). The van der Waals surface area contributed by atoms with E-state index in [9.17, 15) is 4.79 Å². The Kier molecular flexibility index (Phi) is 11.9. The Morgan fingerprint density at radius 1 is 1.00 bits per heavy atom. The van der Waals surface area contributed by atoms with Gasteiger partial charge in [0, 0.05) is 6.08 Å². The molecular weight excluding hydrogens is 493 g/mol. The molecule has 0 unspecified atom stereocenters. The van der Waals surface area contributed by atoms with Gasteiger partial charge in [-0.15, -0.1) is 6.07 Å². The first kappa shape index (κ1) is 22.7. The van der Waals surface area contributed by atoms with Crippen LogP contribution in [0.1, 0.15) is 13.8 Å². The van der Waals surface area contributed by atoms with Crippen LogP contribution < -0.4 is 4.57 Å². The molecule has 3 nitrogen and oxygen atoms in total. The van der Waals surface area contributed by atoms with Crippen molar-refractivity contribution >= 4 is 16.7 Å². The molecule has 0 saturated carbocycles. The second kappa shape index (κ2) is 13.1. The summed E-state index contributed by atoms with van der Waals surface area (Å²) in [7, 11) is 2.00. The predicted molar refractivity (Wildman–Crippen MR) is 96.3 cm³/mol. The molecule has 1 heterocycles. The van der Waals surface area contributed by atoms with Gasteiger partial charge in [0.2, 0.25) is 0 Å². The smallest absolute Gasteiger partial charge is 0.512 e. The molecule has 4 heteroatoms. The molecule has 0 aliphatic rings. The van der Waals surface area contributed by atoms with Crippen molar-refractivity contribution in [2.75, 3.05) is 0 Å².